The fourth-order valence-corrected chi connectivity index (χ4v) is 2.02. The van der Waals surface area contributed by atoms with E-state index in [0.717, 1.165) is 19.3 Å². The Labute approximate surface area is 135 Å². The number of nitrogens with two attached hydrogens (primary N) is 1. The number of methoxy groups -OCH3 is 1. The van der Waals surface area contributed by atoms with E-state index in [1.54, 1.807) is 0 Å². The van der Waals surface area contributed by atoms with E-state index in [1.165, 1.54) is 25.3 Å². The van der Waals surface area contributed by atoms with Crippen LogP contribution in [0.3, 0.4) is 0 Å². The van der Waals surface area contributed by atoms with E-state index in [4.69, 9.17) is 15.2 Å². The second-order valence-corrected chi connectivity index (χ2v) is 5.02. The maximum absolute atomic E-state index is 11.8. The summed E-state index contributed by atoms with van der Waals surface area (Å²) in [6.45, 7) is 2.25. The van der Waals surface area contributed by atoms with Gasteiger partial charge in [0.15, 0.2) is 6.61 Å². The van der Waals surface area contributed by atoms with Gasteiger partial charge in [0.05, 0.1) is 12.0 Å². The van der Waals surface area contributed by atoms with Crippen molar-refractivity contribution in [1.82, 2.24) is 5.32 Å². The molecule has 0 spiro atoms. The van der Waals surface area contributed by atoms with Crippen LogP contribution in [0.4, 0.5) is 5.69 Å². The molecule has 0 aromatic heterocycles. The monoisotopic (exact) mass is 325 g/mol. The highest BCUT2D eigenvalue weighted by Gasteiger charge is 2.16. The number of rotatable bonds is 10. The Morgan fingerprint density at radius 1 is 1.48 bits per heavy atom. The molecule has 3 N–H and O–H groups in total. The molecule has 1 atom stereocenters. The standard InChI is InChI=1S/C15H23N3O5/c1-3-4-5-11(9-16)17-15(19)10-23-12-6-7-13(18(20)21)14(8-12)22-2/h6-8,11H,3-5,9-10,16H2,1-2H3,(H,17,19). The lowest BCUT2D eigenvalue weighted by Gasteiger charge is -2.16. The summed E-state index contributed by atoms with van der Waals surface area (Å²) in [7, 11) is 1.33. The molecule has 8 nitrogen and oxygen atoms in total. The van der Waals surface area contributed by atoms with Gasteiger partial charge >= 0.3 is 5.69 Å². The Bertz CT molecular complexity index is 536. The first kappa shape index (κ1) is 18.7. The molecule has 0 aliphatic rings. The first-order valence-corrected chi connectivity index (χ1v) is 7.46. The van der Waals surface area contributed by atoms with Crippen LogP contribution in [0.1, 0.15) is 26.2 Å². The average Bonchev–Trinajstić information content (AvgIpc) is 2.56. The number of unbranched alkanes of at least 4 members (excludes halogenated alkanes) is 1. The van der Waals surface area contributed by atoms with E-state index in [1.807, 2.05) is 0 Å². The molecule has 0 fully saturated rings. The zero-order valence-electron chi connectivity index (χ0n) is 13.4. The van der Waals surface area contributed by atoms with Gasteiger partial charge in [0.1, 0.15) is 5.75 Å². The minimum absolute atomic E-state index is 0.0718. The van der Waals surface area contributed by atoms with Crippen LogP contribution in [-0.4, -0.2) is 37.1 Å². The van der Waals surface area contributed by atoms with Crippen molar-refractivity contribution in [3.05, 3.63) is 28.3 Å². The quantitative estimate of drug-likeness (QED) is 0.498. The predicted molar refractivity (Wildman–Crippen MR) is 85.7 cm³/mol. The van der Waals surface area contributed by atoms with Crippen LogP contribution in [0.15, 0.2) is 18.2 Å². The van der Waals surface area contributed by atoms with Crippen molar-refractivity contribution in [1.29, 1.82) is 0 Å². The highest BCUT2D eigenvalue weighted by atomic mass is 16.6. The molecule has 1 rings (SSSR count). The van der Waals surface area contributed by atoms with Crippen molar-refractivity contribution >= 4 is 11.6 Å². The molecule has 0 radical (unpaired) electrons. The molecule has 1 aromatic rings. The van der Waals surface area contributed by atoms with Crippen molar-refractivity contribution in [3.63, 3.8) is 0 Å². The fraction of sp³-hybridized carbons (Fsp3) is 0.533. The molecule has 1 aromatic carbocycles. The zero-order chi connectivity index (χ0) is 17.2. The van der Waals surface area contributed by atoms with E-state index in [9.17, 15) is 14.9 Å². The number of ether oxygens (including phenoxy) is 2. The Morgan fingerprint density at radius 2 is 2.22 bits per heavy atom. The molecule has 1 amide bonds. The second-order valence-electron chi connectivity index (χ2n) is 5.02. The van der Waals surface area contributed by atoms with Crippen molar-refractivity contribution in [2.45, 2.75) is 32.2 Å². The van der Waals surface area contributed by atoms with E-state index in [2.05, 4.69) is 12.2 Å². The van der Waals surface area contributed by atoms with Gasteiger partial charge in [0.2, 0.25) is 5.75 Å². The van der Waals surface area contributed by atoms with Gasteiger partial charge in [-0.2, -0.15) is 0 Å². The number of carbonyl (C=O) groups excluding carboxylic acids is 1. The Balaban J connectivity index is 2.57. The number of nitro groups is 1. The van der Waals surface area contributed by atoms with E-state index < -0.39 is 4.92 Å². The van der Waals surface area contributed by atoms with E-state index in [-0.39, 0.29) is 30.0 Å². The SMILES string of the molecule is CCCCC(CN)NC(=O)COc1ccc([N+](=O)[O-])c(OC)c1. The lowest BCUT2D eigenvalue weighted by atomic mass is 10.1. The van der Waals surface area contributed by atoms with Crippen molar-refractivity contribution in [2.75, 3.05) is 20.3 Å². The van der Waals surface area contributed by atoms with E-state index in [0.29, 0.717) is 12.3 Å². The van der Waals surface area contributed by atoms with Gasteiger partial charge in [-0.15, -0.1) is 0 Å². The summed E-state index contributed by atoms with van der Waals surface area (Å²) < 4.78 is 10.3. The third kappa shape index (κ3) is 6.11. The van der Waals surface area contributed by atoms with Gasteiger partial charge in [0, 0.05) is 24.7 Å². The zero-order valence-corrected chi connectivity index (χ0v) is 13.4. The van der Waals surface area contributed by atoms with Crippen LogP contribution in [0.5, 0.6) is 11.5 Å². The number of carbonyl (C=O) groups is 1. The van der Waals surface area contributed by atoms with Crippen LogP contribution in [-0.2, 0) is 4.79 Å². The summed E-state index contributed by atoms with van der Waals surface area (Å²) in [6, 6.07) is 4.00. The summed E-state index contributed by atoms with van der Waals surface area (Å²) in [5.74, 6) is 0.116. The van der Waals surface area contributed by atoms with Crippen molar-refractivity contribution in [3.8, 4) is 11.5 Å². The second kappa shape index (κ2) is 9.62. The number of nitro benzene ring substituents is 1. The number of hydrogen-bond acceptors (Lipinski definition) is 6. The third-order valence-corrected chi connectivity index (χ3v) is 3.27. The van der Waals surface area contributed by atoms with Crippen LogP contribution < -0.4 is 20.5 Å². The van der Waals surface area contributed by atoms with Crippen LogP contribution in [0.2, 0.25) is 0 Å². The van der Waals surface area contributed by atoms with Gasteiger partial charge in [-0.3, -0.25) is 14.9 Å². The fourth-order valence-electron chi connectivity index (χ4n) is 2.02. The maximum atomic E-state index is 11.8. The summed E-state index contributed by atoms with van der Waals surface area (Å²) in [6.07, 6.45) is 2.85. The normalized spacial score (nSPS) is 11.6. The smallest absolute Gasteiger partial charge is 0.311 e. The lowest BCUT2D eigenvalue weighted by molar-refractivity contribution is -0.385. The van der Waals surface area contributed by atoms with Gasteiger partial charge in [0.25, 0.3) is 5.91 Å². The van der Waals surface area contributed by atoms with Crippen LogP contribution in [0, 0.1) is 10.1 Å². The van der Waals surface area contributed by atoms with Crippen LogP contribution in [0.25, 0.3) is 0 Å². The summed E-state index contributed by atoms with van der Waals surface area (Å²) in [4.78, 5) is 22.1. The predicted octanol–water partition coefficient (Wildman–Crippen LogP) is 1.62. The number of hydrogen-bond donors (Lipinski definition) is 2. The Morgan fingerprint density at radius 3 is 2.78 bits per heavy atom. The average molecular weight is 325 g/mol. The Kier molecular flexibility index (Phi) is 7.82. The first-order chi connectivity index (χ1) is 11.0. The topological polar surface area (TPSA) is 117 Å². The third-order valence-electron chi connectivity index (χ3n) is 3.27. The van der Waals surface area contributed by atoms with Gasteiger partial charge in [-0.25, -0.2) is 0 Å². The molecule has 128 valence electrons. The van der Waals surface area contributed by atoms with Gasteiger partial charge in [-0.05, 0) is 12.5 Å². The van der Waals surface area contributed by atoms with Crippen LogP contribution >= 0.6 is 0 Å². The molecule has 0 heterocycles. The molecular formula is C15H23N3O5. The molecule has 1 unspecified atom stereocenters. The van der Waals surface area contributed by atoms with Gasteiger partial charge < -0.3 is 20.5 Å². The summed E-state index contributed by atoms with van der Waals surface area (Å²) >= 11 is 0. The van der Waals surface area contributed by atoms with E-state index >= 15 is 0 Å². The number of benzene rings is 1. The van der Waals surface area contributed by atoms with Crippen molar-refractivity contribution in [2.24, 2.45) is 5.73 Å². The Hall–Kier alpha value is -2.35. The minimum Gasteiger partial charge on any atom is -0.490 e. The lowest BCUT2D eigenvalue weighted by Crippen LogP contribution is -2.42. The summed E-state index contributed by atoms with van der Waals surface area (Å²) in [5.41, 5.74) is 5.46. The minimum atomic E-state index is -0.547. The molecule has 0 bridgehead atoms. The van der Waals surface area contributed by atoms with Gasteiger partial charge in [-0.1, -0.05) is 19.8 Å². The molecule has 0 aliphatic carbocycles. The number of nitrogens with one attached hydrogen (secondary N) is 1. The molecule has 8 heteroatoms. The molecule has 23 heavy (non-hydrogen) atoms. The number of nitrogens with zero attached hydrogens (tertiary/aromatic N) is 1. The largest absolute Gasteiger partial charge is 0.490 e. The summed E-state index contributed by atoms with van der Waals surface area (Å²) in [5, 5.41) is 13.6. The molecule has 0 saturated heterocycles. The molecular weight excluding hydrogens is 302 g/mol. The first-order valence-electron chi connectivity index (χ1n) is 7.46. The maximum Gasteiger partial charge on any atom is 0.311 e. The molecule has 0 saturated carbocycles. The highest BCUT2D eigenvalue weighted by Crippen LogP contribution is 2.30. The molecule has 0 aliphatic heterocycles. The highest BCUT2D eigenvalue weighted by molar-refractivity contribution is 5.77. The number of amides is 1. The van der Waals surface area contributed by atoms with Crippen molar-refractivity contribution < 1.29 is 19.2 Å².